The van der Waals surface area contributed by atoms with Crippen molar-refractivity contribution >= 4 is 23.2 Å². The number of pyridine rings is 1. The van der Waals surface area contributed by atoms with Gasteiger partial charge in [-0.05, 0) is 30.2 Å². The zero-order valence-corrected chi connectivity index (χ0v) is 12.0. The van der Waals surface area contributed by atoms with Gasteiger partial charge in [0, 0.05) is 31.4 Å². The third kappa shape index (κ3) is 2.80. The Balaban J connectivity index is 1.70. The highest BCUT2D eigenvalue weighted by Crippen LogP contribution is 2.28. The minimum absolute atomic E-state index is 0.0844. The van der Waals surface area contributed by atoms with Crippen molar-refractivity contribution in [3.05, 3.63) is 52.0 Å². The van der Waals surface area contributed by atoms with E-state index in [1.54, 1.807) is 17.2 Å². The van der Waals surface area contributed by atoms with Crippen LogP contribution in [-0.4, -0.2) is 40.0 Å². The molecule has 1 fully saturated rings. The Morgan fingerprint density at radius 3 is 2.76 bits per heavy atom. The molecule has 0 radical (unpaired) electrons. The standard InChI is InChI=1S/C15H14N2O3S/c18-14(12-3-4-13(21-12)15(19)20)17-7-5-11(9-17)10-2-1-6-16-8-10/h1-4,6,8,11H,5,7,9H2,(H,19,20). The molecule has 2 aromatic rings. The average molecular weight is 302 g/mol. The number of carboxylic acids is 1. The maximum absolute atomic E-state index is 12.4. The monoisotopic (exact) mass is 302 g/mol. The number of carboxylic acid groups (broad SMARTS) is 1. The van der Waals surface area contributed by atoms with Gasteiger partial charge in [-0.15, -0.1) is 11.3 Å². The molecule has 2 aromatic heterocycles. The highest BCUT2D eigenvalue weighted by Gasteiger charge is 2.29. The molecule has 5 nitrogen and oxygen atoms in total. The Morgan fingerprint density at radius 1 is 1.29 bits per heavy atom. The van der Waals surface area contributed by atoms with Gasteiger partial charge < -0.3 is 10.0 Å². The van der Waals surface area contributed by atoms with Gasteiger partial charge in [0.05, 0.1) is 4.88 Å². The van der Waals surface area contributed by atoms with Crippen molar-refractivity contribution in [2.24, 2.45) is 0 Å². The molecule has 6 heteroatoms. The third-order valence-electron chi connectivity index (χ3n) is 3.66. The predicted octanol–water partition coefficient (Wildman–Crippen LogP) is 2.47. The van der Waals surface area contributed by atoms with Crippen LogP contribution in [0.25, 0.3) is 0 Å². The fourth-order valence-corrected chi connectivity index (χ4v) is 3.37. The van der Waals surface area contributed by atoms with Crippen LogP contribution in [0.1, 0.15) is 37.2 Å². The Hall–Kier alpha value is -2.21. The number of aromatic nitrogens is 1. The van der Waals surface area contributed by atoms with Crippen LogP contribution in [-0.2, 0) is 0 Å². The average Bonchev–Trinajstić information content (AvgIpc) is 3.17. The lowest BCUT2D eigenvalue weighted by molar-refractivity contribution is 0.0701. The van der Waals surface area contributed by atoms with E-state index in [0.29, 0.717) is 23.9 Å². The van der Waals surface area contributed by atoms with Crippen molar-refractivity contribution in [3.63, 3.8) is 0 Å². The number of amides is 1. The van der Waals surface area contributed by atoms with E-state index in [9.17, 15) is 9.59 Å². The summed E-state index contributed by atoms with van der Waals surface area (Å²) in [5, 5.41) is 8.91. The molecule has 0 aliphatic carbocycles. The number of carbonyl (C=O) groups is 2. The molecule has 1 N–H and O–H groups in total. The zero-order chi connectivity index (χ0) is 14.8. The van der Waals surface area contributed by atoms with Gasteiger partial charge >= 0.3 is 5.97 Å². The van der Waals surface area contributed by atoms with Gasteiger partial charge in [-0.3, -0.25) is 9.78 Å². The minimum Gasteiger partial charge on any atom is -0.477 e. The van der Waals surface area contributed by atoms with Crippen molar-refractivity contribution in [1.82, 2.24) is 9.88 Å². The van der Waals surface area contributed by atoms with Crippen LogP contribution in [0, 0.1) is 0 Å². The highest BCUT2D eigenvalue weighted by atomic mass is 32.1. The first-order valence-corrected chi connectivity index (χ1v) is 7.49. The molecule has 108 valence electrons. The summed E-state index contributed by atoms with van der Waals surface area (Å²) in [4.78, 5) is 29.8. The van der Waals surface area contributed by atoms with E-state index < -0.39 is 5.97 Å². The van der Waals surface area contributed by atoms with E-state index in [0.717, 1.165) is 23.3 Å². The molecule has 1 amide bonds. The van der Waals surface area contributed by atoms with Crippen LogP contribution >= 0.6 is 11.3 Å². The van der Waals surface area contributed by atoms with Gasteiger partial charge in [0.1, 0.15) is 4.88 Å². The van der Waals surface area contributed by atoms with Crippen molar-refractivity contribution in [3.8, 4) is 0 Å². The zero-order valence-electron chi connectivity index (χ0n) is 11.2. The van der Waals surface area contributed by atoms with Crippen LogP contribution < -0.4 is 0 Å². The third-order valence-corrected chi connectivity index (χ3v) is 4.72. The Morgan fingerprint density at radius 2 is 2.10 bits per heavy atom. The molecule has 0 saturated carbocycles. The van der Waals surface area contributed by atoms with Crippen molar-refractivity contribution in [1.29, 1.82) is 0 Å². The van der Waals surface area contributed by atoms with Gasteiger partial charge in [0.15, 0.2) is 0 Å². The summed E-state index contributed by atoms with van der Waals surface area (Å²) in [7, 11) is 0. The summed E-state index contributed by atoms with van der Waals surface area (Å²) in [6, 6.07) is 7.00. The van der Waals surface area contributed by atoms with E-state index >= 15 is 0 Å². The summed E-state index contributed by atoms with van der Waals surface area (Å²) in [6.45, 7) is 1.35. The molecule has 3 rings (SSSR count). The van der Waals surface area contributed by atoms with E-state index in [1.165, 1.54) is 6.07 Å². The quantitative estimate of drug-likeness (QED) is 0.945. The van der Waals surface area contributed by atoms with E-state index in [2.05, 4.69) is 4.98 Å². The number of aromatic carboxylic acids is 1. The second kappa shape index (κ2) is 5.65. The van der Waals surface area contributed by atoms with Gasteiger partial charge in [0.25, 0.3) is 5.91 Å². The fraction of sp³-hybridized carbons (Fsp3) is 0.267. The largest absolute Gasteiger partial charge is 0.477 e. The maximum atomic E-state index is 12.4. The molecule has 1 saturated heterocycles. The molecule has 1 atom stereocenters. The predicted molar refractivity (Wildman–Crippen MR) is 78.8 cm³/mol. The lowest BCUT2D eigenvalue weighted by Crippen LogP contribution is -2.27. The lowest BCUT2D eigenvalue weighted by atomic mass is 10.0. The van der Waals surface area contributed by atoms with Crippen molar-refractivity contribution in [2.45, 2.75) is 12.3 Å². The first-order chi connectivity index (χ1) is 10.1. The molecule has 3 heterocycles. The van der Waals surface area contributed by atoms with Gasteiger partial charge in [0.2, 0.25) is 0 Å². The van der Waals surface area contributed by atoms with Crippen LogP contribution in [0.4, 0.5) is 0 Å². The van der Waals surface area contributed by atoms with E-state index in [-0.39, 0.29) is 10.8 Å². The number of hydrogen-bond acceptors (Lipinski definition) is 4. The lowest BCUT2D eigenvalue weighted by Gasteiger charge is -2.15. The maximum Gasteiger partial charge on any atom is 0.345 e. The number of hydrogen-bond donors (Lipinski definition) is 1. The SMILES string of the molecule is O=C(O)c1ccc(C(=O)N2CCC(c3cccnc3)C2)s1. The molecular formula is C15H14N2O3S. The second-order valence-electron chi connectivity index (χ2n) is 4.99. The highest BCUT2D eigenvalue weighted by molar-refractivity contribution is 7.15. The van der Waals surface area contributed by atoms with Gasteiger partial charge in [-0.1, -0.05) is 6.07 Å². The molecule has 0 bridgehead atoms. The molecule has 0 aromatic carbocycles. The number of likely N-dealkylation sites (tertiary alicyclic amines) is 1. The Kier molecular flexibility index (Phi) is 3.70. The van der Waals surface area contributed by atoms with E-state index in [1.807, 2.05) is 18.3 Å². The van der Waals surface area contributed by atoms with Crippen LogP contribution in [0.3, 0.4) is 0 Å². The molecule has 0 spiro atoms. The van der Waals surface area contributed by atoms with Crippen molar-refractivity contribution in [2.75, 3.05) is 13.1 Å². The number of nitrogens with zero attached hydrogens (tertiary/aromatic N) is 2. The summed E-state index contributed by atoms with van der Waals surface area (Å²) in [5.41, 5.74) is 1.14. The topological polar surface area (TPSA) is 70.5 Å². The number of carbonyl (C=O) groups excluding carboxylic acids is 1. The van der Waals surface area contributed by atoms with Crippen LogP contribution in [0.15, 0.2) is 36.7 Å². The van der Waals surface area contributed by atoms with E-state index in [4.69, 9.17) is 5.11 Å². The number of rotatable bonds is 3. The smallest absolute Gasteiger partial charge is 0.345 e. The van der Waals surface area contributed by atoms with Crippen LogP contribution in [0.2, 0.25) is 0 Å². The second-order valence-corrected chi connectivity index (χ2v) is 6.08. The van der Waals surface area contributed by atoms with Gasteiger partial charge in [-0.2, -0.15) is 0 Å². The summed E-state index contributed by atoms with van der Waals surface area (Å²) >= 11 is 1.03. The summed E-state index contributed by atoms with van der Waals surface area (Å²) in [6.07, 6.45) is 4.49. The summed E-state index contributed by atoms with van der Waals surface area (Å²) < 4.78 is 0. The van der Waals surface area contributed by atoms with Gasteiger partial charge in [-0.25, -0.2) is 4.79 Å². The molecular weight excluding hydrogens is 288 g/mol. The first-order valence-electron chi connectivity index (χ1n) is 6.67. The Bertz CT molecular complexity index is 669. The normalized spacial score (nSPS) is 17.9. The van der Waals surface area contributed by atoms with Crippen molar-refractivity contribution < 1.29 is 14.7 Å². The fourth-order valence-electron chi connectivity index (χ4n) is 2.56. The summed E-state index contributed by atoms with van der Waals surface area (Å²) in [5.74, 6) is -0.769. The molecule has 1 unspecified atom stereocenters. The molecule has 21 heavy (non-hydrogen) atoms. The Labute approximate surface area is 125 Å². The number of thiophene rings is 1. The first kappa shape index (κ1) is 13.8. The molecule has 1 aliphatic heterocycles. The minimum atomic E-state index is -0.992. The molecule has 1 aliphatic rings. The van der Waals surface area contributed by atoms with Crippen LogP contribution in [0.5, 0.6) is 0 Å².